The van der Waals surface area contributed by atoms with Gasteiger partial charge in [-0.25, -0.2) is 4.79 Å². The lowest BCUT2D eigenvalue weighted by Gasteiger charge is -2.37. The molecular formula is C19H30ClN3O3. The molecule has 1 aliphatic rings. The van der Waals surface area contributed by atoms with Crippen molar-refractivity contribution in [2.75, 3.05) is 19.6 Å². The Bertz CT molecular complexity index is 636. The molecule has 1 unspecified atom stereocenters. The minimum atomic E-state index is -0.522. The minimum absolute atomic E-state index is 0.0399. The molecule has 1 aliphatic heterocycles. The minimum Gasteiger partial charge on any atom is -0.444 e. The normalized spacial score (nSPS) is 18.1. The zero-order valence-electron chi connectivity index (χ0n) is 16.3. The van der Waals surface area contributed by atoms with E-state index in [1.807, 2.05) is 39.5 Å². The fourth-order valence-electron chi connectivity index (χ4n) is 3.16. The Kier molecular flexibility index (Phi) is 6.61. The third-order valence-electron chi connectivity index (χ3n) is 4.39. The molecule has 2 rings (SSSR count). The van der Waals surface area contributed by atoms with E-state index in [-0.39, 0.29) is 24.0 Å². The van der Waals surface area contributed by atoms with Gasteiger partial charge < -0.3 is 19.5 Å². The van der Waals surface area contributed by atoms with Crippen molar-refractivity contribution >= 4 is 23.6 Å². The molecule has 2 amide bonds. The molecule has 0 saturated carbocycles. The Labute approximate surface area is 160 Å². The first kappa shape index (κ1) is 20.6. The van der Waals surface area contributed by atoms with Gasteiger partial charge in [-0.1, -0.05) is 11.6 Å². The lowest BCUT2D eigenvalue weighted by Crippen LogP contribution is -2.48. The van der Waals surface area contributed by atoms with Gasteiger partial charge in [0.2, 0.25) is 0 Å². The van der Waals surface area contributed by atoms with Crippen molar-refractivity contribution in [2.24, 2.45) is 5.92 Å². The summed E-state index contributed by atoms with van der Waals surface area (Å²) in [5.41, 5.74) is -0.0189. The summed E-state index contributed by atoms with van der Waals surface area (Å²) in [6, 6.07) is 1.69. The van der Waals surface area contributed by atoms with Crippen molar-refractivity contribution in [1.82, 2.24) is 14.8 Å². The lowest BCUT2D eigenvalue weighted by molar-refractivity contribution is 0.0123. The summed E-state index contributed by atoms with van der Waals surface area (Å²) in [5, 5.41) is 0.526. The van der Waals surface area contributed by atoms with Gasteiger partial charge in [-0.3, -0.25) is 4.79 Å². The van der Waals surface area contributed by atoms with Crippen LogP contribution in [-0.4, -0.2) is 58.1 Å². The number of aromatic nitrogens is 1. The van der Waals surface area contributed by atoms with E-state index in [1.54, 1.807) is 17.2 Å². The summed E-state index contributed by atoms with van der Waals surface area (Å²) in [4.78, 5) is 31.7. The molecule has 1 N–H and O–H groups in total. The van der Waals surface area contributed by atoms with Crippen LogP contribution in [0.15, 0.2) is 12.3 Å². The summed E-state index contributed by atoms with van der Waals surface area (Å²) in [6.07, 6.45) is 3.22. The van der Waals surface area contributed by atoms with Gasteiger partial charge >= 0.3 is 6.09 Å². The highest BCUT2D eigenvalue weighted by Crippen LogP contribution is 2.22. The van der Waals surface area contributed by atoms with Crippen LogP contribution in [0, 0.1) is 5.92 Å². The quantitative estimate of drug-likeness (QED) is 0.848. The van der Waals surface area contributed by atoms with Gasteiger partial charge in [-0.2, -0.15) is 0 Å². The molecule has 1 fully saturated rings. The summed E-state index contributed by atoms with van der Waals surface area (Å²) in [5.74, 6) is 0.183. The van der Waals surface area contributed by atoms with Crippen molar-refractivity contribution in [2.45, 2.75) is 59.1 Å². The number of H-pyrrole nitrogens is 1. The number of rotatable bonds is 4. The Morgan fingerprint density at radius 2 is 2.12 bits per heavy atom. The monoisotopic (exact) mass is 383 g/mol. The molecule has 0 aliphatic carbocycles. The third-order valence-corrected chi connectivity index (χ3v) is 4.61. The smallest absolute Gasteiger partial charge is 0.410 e. The van der Waals surface area contributed by atoms with Crippen LogP contribution in [0.2, 0.25) is 5.02 Å². The number of nitrogens with one attached hydrogen (secondary N) is 1. The van der Waals surface area contributed by atoms with Crippen molar-refractivity contribution in [3.8, 4) is 0 Å². The van der Waals surface area contributed by atoms with Crippen LogP contribution in [0.4, 0.5) is 4.79 Å². The number of ether oxygens (including phenoxy) is 1. The van der Waals surface area contributed by atoms with E-state index < -0.39 is 5.60 Å². The number of likely N-dealkylation sites (tertiary alicyclic amines) is 1. The van der Waals surface area contributed by atoms with Crippen molar-refractivity contribution in [3.63, 3.8) is 0 Å². The van der Waals surface area contributed by atoms with E-state index in [0.29, 0.717) is 23.8 Å². The number of carbonyl (C=O) groups excluding carboxylic acids is 2. The lowest BCUT2D eigenvalue weighted by atomic mass is 9.96. The molecule has 0 radical (unpaired) electrons. The Balaban J connectivity index is 2.01. The summed E-state index contributed by atoms with van der Waals surface area (Å²) in [7, 11) is 0. The van der Waals surface area contributed by atoms with Gasteiger partial charge in [-0.05, 0) is 59.4 Å². The van der Waals surface area contributed by atoms with Gasteiger partial charge in [-0.15, -0.1) is 0 Å². The number of piperidine rings is 1. The van der Waals surface area contributed by atoms with Crippen LogP contribution < -0.4 is 0 Å². The van der Waals surface area contributed by atoms with E-state index in [1.165, 1.54) is 0 Å². The van der Waals surface area contributed by atoms with Gasteiger partial charge in [0.25, 0.3) is 5.91 Å². The second kappa shape index (κ2) is 8.33. The topological polar surface area (TPSA) is 65.6 Å². The first-order valence-electron chi connectivity index (χ1n) is 9.19. The Hall–Kier alpha value is -1.69. The van der Waals surface area contributed by atoms with Gasteiger partial charge in [0.15, 0.2) is 0 Å². The summed E-state index contributed by atoms with van der Waals surface area (Å²) in [6.45, 7) is 11.5. The average Bonchev–Trinajstić information content (AvgIpc) is 2.96. The van der Waals surface area contributed by atoms with Crippen molar-refractivity contribution in [1.29, 1.82) is 0 Å². The standard InChI is InChI=1S/C19H30ClN3O3/c1-13(2)23(18(25)26-19(3,4)5)12-14-7-6-8-22(11-14)17(24)16-9-15(20)10-21-16/h9-10,13-14,21H,6-8,11-12H2,1-5H3. The molecule has 1 saturated heterocycles. The van der Waals surface area contributed by atoms with Crippen molar-refractivity contribution in [3.05, 3.63) is 23.0 Å². The molecule has 0 spiro atoms. The van der Waals surface area contributed by atoms with Gasteiger partial charge in [0.1, 0.15) is 11.3 Å². The second-order valence-electron chi connectivity index (χ2n) is 8.22. The molecule has 1 atom stereocenters. The largest absolute Gasteiger partial charge is 0.444 e. The summed E-state index contributed by atoms with van der Waals surface area (Å²) < 4.78 is 5.54. The van der Waals surface area contributed by atoms with Crippen molar-refractivity contribution < 1.29 is 14.3 Å². The fraction of sp³-hybridized carbons (Fsp3) is 0.684. The number of halogens is 1. The fourth-order valence-corrected chi connectivity index (χ4v) is 3.32. The predicted octanol–water partition coefficient (Wildman–Crippen LogP) is 4.17. The first-order chi connectivity index (χ1) is 12.1. The molecule has 0 aromatic carbocycles. The van der Waals surface area contributed by atoms with E-state index >= 15 is 0 Å². The number of nitrogens with zero attached hydrogens (tertiary/aromatic N) is 2. The van der Waals surface area contributed by atoms with E-state index in [4.69, 9.17) is 16.3 Å². The highest BCUT2D eigenvalue weighted by atomic mass is 35.5. The predicted molar refractivity (Wildman–Crippen MR) is 103 cm³/mol. The highest BCUT2D eigenvalue weighted by molar-refractivity contribution is 6.30. The number of aromatic amines is 1. The van der Waals surface area contributed by atoms with E-state index in [9.17, 15) is 9.59 Å². The maximum atomic E-state index is 12.6. The third kappa shape index (κ3) is 5.66. The molecule has 2 heterocycles. The number of carbonyl (C=O) groups is 2. The molecule has 26 heavy (non-hydrogen) atoms. The molecule has 1 aromatic rings. The van der Waals surface area contributed by atoms with E-state index in [0.717, 1.165) is 19.4 Å². The Morgan fingerprint density at radius 1 is 1.42 bits per heavy atom. The summed E-state index contributed by atoms with van der Waals surface area (Å²) >= 11 is 5.90. The van der Waals surface area contributed by atoms with Gasteiger partial charge in [0, 0.05) is 31.9 Å². The molecule has 6 nitrogen and oxygen atoms in total. The number of hydrogen-bond acceptors (Lipinski definition) is 3. The maximum absolute atomic E-state index is 12.6. The van der Waals surface area contributed by atoms with Crippen LogP contribution in [0.3, 0.4) is 0 Å². The first-order valence-corrected chi connectivity index (χ1v) is 9.57. The maximum Gasteiger partial charge on any atom is 0.410 e. The van der Waals surface area contributed by atoms with Gasteiger partial charge in [0.05, 0.1) is 5.02 Å². The van der Waals surface area contributed by atoms with Crippen LogP contribution in [0.1, 0.15) is 57.9 Å². The van der Waals surface area contributed by atoms with Crippen LogP contribution in [-0.2, 0) is 4.74 Å². The van der Waals surface area contributed by atoms with Crippen LogP contribution in [0.5, 0.6) is 0 Å². The van der Waals surface area contributed by atoms with Crippen LogP contribution >= 0.6 is 11.6 Å². The Morgan fingerprint density at radius 3 is 2.65 bits per heavy atom. The average molecular weight is 384 g/mol. The molecular weight excluding hydrogens is 354 g/mol. The molecule has 0 bridgehead atoms. The second-order valence-corrected chi connectivity index (χ2v) is 8.65. The van der Waals surface area contributed by atoms with Crippen LogP contribution in [0.25, 0.3) is 0 Å². The van der Waals surface area contributed by atoms with E-state index in [2.05, 4.69) is 4.98 Å². The molecule has 1 aromatic heterocycles. The highest BCUT2D eigenvalue weighted by Gasteiger charge is 2.30. The molecule has 7 heteroatoms. The zero-order chi connectivity index (χ0) is 19.5. The zero-order valence-corrected chi connectivity index (χ0v) is 17.1. The molecule has 146 valence electrons. The number of amides is 2. The number of hydrogen-bond donors (Lipinski definition) is 1. The SMILES string of the molecule is CC(C)N(CC1CCCN(C(=O)c2cc(Cl)c[nH]2)C1)C(=O)OC(C)(C)C.